The number of nitrogens with two attached hydrogens (primary N) is 1. The lowest BCUT2D eigenvalue weighted by Crippen LogP contribution is -2.33. The summed E-state index contributed by atoms with van der Waals surface area (Å²) in [6.07, 6.45) is 6.78. The van der Waals surface area contributed by atoms with Crippen molar-refractivity contribution in [2.24, 2.45) is 10.7 Å². The standard InChI is InChI=1S/C18H12N4O3/c19-9-14-16(10-2-1-3-11(8-10)22(23)24)13-4-5-15-12(6-7-21-15)17(13)25-18(14)20/h1-8,16-17H,20H2. The van der Waals surface area contributed by atoms with Crippen LogP contribution in [0.2, 0.25) is 0 Å². The van der Waals surface area contributed by atoms with Gasteiger partial charge in [-0.05, 0) is 23.3 Å². The Morgan fingerprint density at radius 1 is 1.32 bits per heavy atom. The molecule has 2 N–H and O–H groups in total. The molecule has 7 heteroatoms. The quantitative estimate of drug-likeness (QED) is 0.660. The molecule has 0 saturated carbocycles. The van der Waals surface area contributed by atoms with Crippen molar-refractivity contribution < 1.29 is 9.66 Å². The van der Waals surface area contributed by atoms with Gasteiger partial charge >= 0.3 is 0 Å². The Bertz CT molecular complexity index is 992. The van der Waals surface area contributed by atoms with Gasteiger partial charge in [0.05, 0.1) is 10.6 Å². The molecule has 122 valence electrons. The van der Waals surface area contributed by atoms with Gasteiger partial charge in [0.2, 0.25) is 0 Å². The number of hydrogen-bond donors (Lipinski definition) is 1. The summed E-state index contributed by atoms with van der Waals surface area (Å²) in [5.74, 6) is -0.460. The summed E-state index contributed by atoms with van der Waals surface area (Å²) in [6, 6.07) is 8.33. The number of nitriles is 1. The fourth-order valence-corrected chi connectivity index (χ4v) is 3.34. The van der Waals surface area contributed by atoms with Crippen molar-refractivity contribution in [3.8, 4) is 6.07 Å². The van der Waals surface area contributed by atoms with Crippen LogP contribution in [0.1, 0.15) is 11.5 Å². The van der Waals surface area contributed by atoms with E-state index in [0.29, 0.717) is 5.56 Å². The molecular weight excluding hydrogens is 320 g/mol. The second-order valence-electron chi connectivity index (χ2n) is 5.79. The number of nitro benzene ring substituents is 1. The largest absolute Gasteiger partial charge is 0.466 e. The van der Waals surface area contributed by atoms with Crippen molar-refractivity contribution in [3.05, 3.63) is 86.5 Å². The van der Waals surface area contributed by atoms with Crippen LogP contribution in [0.5, 0.6) is 0 Å². The number of nitrogens with zero attached hydrogens (tertiary/aromatic N) is 3. The van der Waals surface area contributed by atoms with Crippen molar-refractivity contribution in [1.29, 1.82) is 5.26 Å². The van der Waals surface area contributed by atoms with Crippen molar-refractivity contribution in [1.82, 2.24) is 0 Å². The van der Waals surface area contributed by atoms with E-state index in [1.807, 2.05) is 18.2 Å². The number of rotatable bonds is 2. The zero-order valence-corrected chi connectivity index (χ0v) is 12.9. The first-order valence-corrected chi connectivity index (χ1v) is 7.57. The van der Waals surface area contributed by atoms with Crippen molar-refractivity contribution in [3.63, 3.8) is 0 Å². The SMILES string of the molecule is N#CC1=C(N)OC2C3=CC=NC3=CC=C2C1c1cccc([N+](=O)[O-])c1. The molecule has 1 aromatic carbocycles. The van der Waals surface area contributed by atoms with Gasteiger partial charge in [-0.3, -0.25) is 15.1 Å². The lowest BCUT2D eigenvalue weighted by Gasteiger charge is -2.35. The minimum atomic E-state index is -0.497. The number of fused-ring (bicyclic) bond motifs is 3. The zero-order valence-electron chi connectivity index (χ0n) is 12.9. The summed E-state index contributed by atoms with van der Waals surface area (Å²) in [4.78, 5) is 14.9. The maximum Gasteiger partial charge on any atom is 0.269 e. The number of non-ortho nitro benzene ring substituents is 1. The molecule has 0 fully saturated rings. The Balaban J connectivity index is 1.89. The molecule has 0 amide bonds. The van der Waals surface area contributed by atoms with Gasteiger partial charge in [-0.25, -0.2) is 0 Å². The molecule has 0 aromatic heterocycles. The van der Waals surface area contributed by atoms with Gasteiger partial charge in [0.1, 0.15) is 17.7 Å². The Hall–Kier alpha value is -3.66. The molecule has 2 aliphatic heterocycles. The predicted molar refractivity (Wildman–Crippen MR) is 90.3 cm³/mol. The van der Waals surface area contributed by atoms with Crippen molar-refractivity contribution in [2.45, 2.75) is 12.0 Å². The zero-order chi connectivity index (χ0) is 17.6. The predicted octanol–water partition coefficient (Wildman–Crippen LogP) is 2.61. The van der Waals surface area contributed by atoms with E-state index in [4.69, 9.17) is 10.5 Å². The molecule has 2 heterocycles. The van der Waals surface area contributed by atoms with E-state index in [-0.39, 0.29) is 17.1 Å². The maximum atomic E-state index is 11.1. The highest BCUT2D eigenvalue weighted by molar-refractivity contribution is 5.81. The molecule has 2 unspecified atom stereocenters. The number of aliphatic imine (C=N–C) groups is 1. The fraction of sp³-hybridized carbons (Fsp3) is 0.111. The van der Waals surface area contributed by atoms with Gasteiger partial charge < -0.3 is 10.5 Å². The number of benzene rings is 1. The van der Waals surface area contributed by atoms with Crippen LogP contribution in [0.15, 0.2) is 75.8 Å². The summed E-state index contributed by atoms with van der Waals surface area (Å²) in [5, 5.41) is 20.7. The highest BCUT2D eigenvalue weighted by Crippen LogP contribution is 2.45. The van der Waals surface area contributed by atoms with E-state index in [2.05, 4.69) is 11.1 Å². The van der Waals surface area contributed by atoms with Crippen LogP contribution in [0.25, 0.3) is 0 Å². The van der Waals surface area contributed by atoms with Gasteiger partial charge in [0.25, 0.3) is 5.69 Å². The molecule has 2 atom stereocenters. The van der Waals surface area contributed by atoms with E-state index in [1.54, 1.807) is 18.3 Å². The van der Waals surface area contributed by atoms with Crippen LogP contribution in [0.4, 0.5) is 5.69 Å². The third kappa shape index (κ3) is 2.23. The van der Waals surface area contributed by atoms with Crippen LogP contribution in [-0.4, -0.2) is 17.2 Å². The Morgan fingerprint density at radius 3 is 2.92 bits per heavy atom. The first kappa shape index (κ1) is 14.9. The van der Waals surface area contributed by atoms with Gasteiger partial charge in [0.15, 0.2) is 5.88 Å². The van der Waals surface area contributed by atoms with Crippen LogP contribution in [0.3, 0.4) is 0 Å². The minimum Gasteiger partial charge on any atom is -0.466 e. The second-order valence-corrected chi connectivity index (χ2v) is 5.79. The molecule has 0 saturated heterocycles. The molecule has 0 spiro atoms. The van der Waals surface area contributed by atoms with Crippen LogP contribution in [-0.2, 0) is 4.74 Å². The topological polar surface area (TPSA) is 115 Å². The monoisotopic (exact) mass is 332 g/mol. The first-order chi connectivity index (χ1) is 12.1. The van der Waals surface area contributed by atoms with Gasteiger partial charge in [-0.1, -0.05) is 18.2 Å². The van der Waals surface area contributed by atoms with E-state index < -0.39 is 16.9 Å². The van der Waals surface area contributed by atoms with Crippen molar-refractivity contribution >= 4 is 11.9 Å². The Labute approximate surface area is 142 Å². The van der Waals surface area contributed by atoms with E-state index in [0.717, 1.165) is 16.8 Å². The summed E-state index contributed by atoms with van der Waals surface area (Å²) in [6.45, 7) is 0. The molecule has 0 bridgehead atoms. The molecule has 4 rings (SSSR count). The highest BCUT2D eigenvalue weighted by atomic mass is 16.6. The first-order valence-electron chi connectivity index (χ1n) is 7.57. The number of nitro groups is 1. The summed E-state index contributed by atoms with van der Waals surface area (Å²) >= 11 is 0. The van der Waals surface area contributed by atoms with Crippen LogP contribution < -0.4 is 5.73 Å². The van der Waals surface area contributed by atoms with Crippen LogP contribution >= 0.6 is 0 Å². The average Bonchev–Trinajstić information content (AvgIpc) is 3.10. The molecular formula is C18H12N4O3. The number of hydrogen-bond acceptors (Lipinski definition) is 6. The van der Waals surface area contributed by atoms with Gasteiger partial charge in [-0.15, -0.1) is 0 Å². The van der Waals surface area contributed by atoms with Crippen LogP contribution in [0, 0.1) is 21.4 Å². The molecule has 3 aliphatic rings. The summed E-state index contributed by atoms with van der Waals surface area (Å²) < 4.78 is 5.78. The van der Waals surface area contributed by atoms with Crippen molar-refractivity contribution in [2.75, 3.05) is 0 Å². The molecule has 1 aromatic rings. The molecule has 0 radical (unpaired) electrons. The third-order valence-electron chi connectivity index (χ3n) is 4.45. The van der Waals surface area contributed by atoms with E-state index >= 15 is 0 Å². The number of allylic oxidation sites excluding steroid dienone is 4. The molecule has 1 aliphatic carbocycles. The third-order valence-corrected chi connectivity index (χ3v) is 4.45. The second kappa shape index (κ2) is 5.46. The fourth-order valence-electron chi connectivity index (χ4n) is 3.34. The lowest BCUT2D eigenvalue weighted by molar-refractivity contribution is -0.384. The Kier molecular flexibility index (Phi) is 3.25. The minimum absolute atomic E-state index is 0.0348. The lowest BCUT2D eigenvalue weighted by atomic mass is 9.77. The number of ether oxygens (including phenoxy) is 1. The normalized spacial score (nSPS) is 23.6. The molecule has 25 heavy (non-hydrogen) atoms. The summed E-state index contributed by atoms with van der Waals surface area (Å²) in [5.41, 5.74) is 9.31. The smallest absolute Gasteiger partial charge is 0.269 e. The van der Waals surface area contributed by atoms with Gasteiger partial charge in [-0.2, -0.15) is 5.26 Å². The molecule has 7 nitrogen and oxygen atoms in total. The van der Waals surface area contributed by atoms with E-state index in [9.17, 15) is 15.4 Å². The highest BCUT2D eigenvalue weighted by Gasteiger charge is 2.40. The summed E-state index contributed by atoms with van der Waals surface area (Å²) in [7, 11) is 0. The average molecular weight is 332 g/mol. The van der Waals surface area contributed by atoms with Gasteiger partial charge in [0, 0.05) is 29.8 Å². The Morgan fingerprint density at radius 2 is 2.16 bits per heavy atom. The van der Waals surface area contributed by atoms with E-state index in [1.165, 1.54) is 12.1 Å². The maximum absolute atomic E-state index is 11.1.